The normalized spacial score (nSPS) is 21.7. The minimum Gasteiger partial charge on any atom is -0.354 e. The highest BCUT2D eigenvalue weighted by Gasteiger charge is 2.47. The molecule has 6 rings (SSSR count). The van der Waals surface area contributed by atoms with Crippen molar-refractivity contribution < 1.29 is 22.0 Å². The molecular formula is C28H26F5N5O. The number of imidazole rings is 1. The van der Waals surface area contributed by atoms with Crippen LogP contribution in [0.5, 0.6) is 0 Å². The van der Waals surface area contributed by atoms with Gasteiger partial charge in [-0.05, 0) is 49.3 Å². The lowest BCUT2D eigenvalue weighted by molar-refractivity contribution is -0.182. The van der Waals surface area contributed by atoms with Crippen LogP contribution in [-0.2, 0) is 7.05 Å². The molecule has 0 spiro atoms. The number of H-pyrrole nitrogens is 1. The highest BCUT2D eigenvalue weighted by Crippen LogP contribution is 2.50. The summed E-state index contributed by atoms with van der Waals surface area (Å²) in [6.07, 6.45) is 2.30. The van der Waals surface area contributed by atoms with E-state index in [0.29, 0.717) is 52.2 Å². The third-order valence-corrected chi connectivity index (χ3v) is 8.16. The molecule has 0 bridgehead atoms. The van der Waals surface area contributed by atoms with E-state index >= 15 is 0 Å². The van der Waals surface area contributed by atoms with Gasteiger partial charge in [-0.25, -0.2) is 13.8 Å². The standard InChI is InChI=1S/C28H26F5N5O/c1-38-9-8-35-26(38)25-24-20(6-7-34-25)37-22(11-23(24)39)19-14-36-21(16-12-27(29,30)13-16)10-18(19)15-2-4-17(5-3-15)28(31,32)33/h6-11,14-17H,2-5,12-13H2,1H3,(H,37,39)/t15-,17+. The summed E-state index contributed by atoms with van der Waals surface area (Å²) in [7, 11) is 1.80. The summed E-state index contributed by atoms with van der Waals surface area (Å²) in [5.41, 5.74) is 2.98. The zero-order chi connectivity index (χ0) is 27.5. The zero-order valence-corrected chi connectivity index (χ0v) is 21.1. The number of aromatic nitrogens is 5. The van der Waals surface area contributed by atoms with Gasteiger partial charge in [-0.3, -0.25) is 14.8 Å². The number of halogens is 5. The van der Waals surface area contributed by atoms with Gasteiger partial charge in [-0.15, -0.1) is 0 Å². The molecule has 0 saturated heterocycles. The number of nitrogens with one attached hydrogen (secondary N) is 1. The van der Waals surface area contributed by atoms with Crippen LogP contribution in [0.15, 0.2) is 47.8 Å². The van der Waals surface area contributed by atoms with Gasteiger partial charge in [0.05, 0.1) is 22.5 Å². The molecule has 6 nitrogen and oxygen atoms in total. The second-order valence-corrected chi connectivity index (χ2v) is 10.7. The number of rotatable bonds is 4. The average molecular weight is 544 g/mol. The van der Waals surface area contributed by atoms with Crippen molar-refractivity contribution in [3.63, 3.8) is 0 Å². The van der Waals surface area contributed by atoms with E-state index in [1.54, 1.807) is 48.5 Å². The molecule has 4 aromatic heterocycles. The highest BCUT2D eigenvalue weighted by molar-refractivity contribution is 5.92. The summed E-state index contributed by atoms with van der Waals surface area (Å²) in [6.45, 7) is 0. The summed E-state index contributed by atoms with van der Waals surface area (Å²) in [5.74, 6) is -4.15. The first-order valence-electron chi connectivity index (χ1n) is 12.9. The number of aryl methyl sites for hydroxylation is 1. The lowest BCUT2D eigenvalue weighted by Crippen LogP contribution is -2.34. The summed E-state index contributed by atoms with van der Waals surface area (Å²) < 4.78 is 68.9. The van der Waals surface area contributed by atoms with E-state index in [1.807, 2.05) is 0 Å². The fourth-order valence-corrected chi connectivity index (χ4v) is 5.98. The summed E-state index contributed by atoms with van der Waals surface area (Å²) in [5, 5.41) is 0.365. The Kier molecular flexibility index (Phi) is 6.07. The predicted octanol–water partition coefficient (Wildman–Crippen LogP) is 6.73. The van der Waals surface area contributed by atoms with Crippen LogP contribution in [0.2, 0.25) is 0 Å². The fraction of sp³-hybridized carbons (Fsp3) is 0.429. The van der Waals surface area contributed by atoms with Gasteiger partial charge in [0, 0.05) is 67.9 Å². The van der Waals surface area contributed by atoms with Crippen LogP contribution in [0, 0.1) is 5.92 Å². The molecule has 0 unspecified atom stereocenters. The number of aromatic amines is 1. The molecular weight excluding hydrogens is 517 g/mol. The summed E-state index contributed by atoms with van der Waals surface area (Å²) in [6, 6.07) is 4.89. The van der Waals surface area contributed by atoms with Crippen LogP contribution in [0.3, 0.4) is 0 Å². The molecule has 0 aromatic carbocycles. The van der Waals surface area contributed by atoms with Crippen molar-refractivity contribution in [1.82, 2.24) is 24.5 Å². The van der Waals surface area contributed by atoms with E-state index in [2.05, 4.69) is 19.9 Å². The van der Waals surface area contributed by atoms with Crippen molar-refractivity contribution in [2.75, 3.05) is 0 Å². The van der Waals surface area contributed by atoms with Crippen molar-refractivity contribution in [1.29, 1.82) is 0 Å². The van der Waals surface area contributed by atoms with Crippen molar-refractivity contribution >= 4 is 10.9 Å². The third kappa shape index (κ3) is 4.72. The zero-order valence-electron chi connectivity index (χ0n) is 21.1. The lowest BCUT2D eigenvalue weighted by atomic mass is 9.75. The Bertz CT molecular complexity index is 1590. The minimum absolute atomic E-state index is 0.000301. The first kappa shape index (κ1) is 25.6. The van der Waals surface area contributed by atoms with Crippen LogP contribution in [0.25, 0.3) is 33.7 Å². The maximum atomic E-state index is 13.6. The number of pyridine rings is 3. The smallest absolute Gasteiger partial charge is 0.354 e. The molecule has 1 N–H and O–H groups in total. The Balaban J connectivity index is 1.43. The number of fused-ring (bicyclic) bond motifs is 1. The molecule has 4 heterocycles. The summed E-state index contributed by atoms with van der Waals surface area (Å²) in [4.78, 5) is 29.9. The molecule has 11 heteroatoms. The molecule has 2 aliphatic rings. The minimum atomic E-state index is -4.24. The van der Waals surface area contributed by atoms with Crippen molar-refractivity contribution in [2.24, 2.45) is 13.0 Å². The maximum absolute atomic E-state index is 13.6. The Morgan fingerprint density at radius 2 is 1.74 bits per heavy atom. The lowest BCUT2D eigenvalue weighted by Gasteiger charge is -2.35. The number of hydrogen-bond acceptors (Lipinski definition) is 4. The van der Waals surface area contributed by atoms with E-state index < -0.39 is 23.9 Å². The molecule has 0 atom stereocenters. The van der Waals surface area contributed by atoms with Crippen molar-refractivity contribution in [3.8, 4) is 22.8 Å². The highest BCUT2D eigenvalue weighted by atomic mass is 19.4. The second-order valence-electron chi connectivity index (χ2n) is 10.7. The summed E-state index contributed by atoms with van der Waals surface area (Å²) >= 11 is 0. The SMILES string of the molecule is Cn1ccnc1-c1nccc2[nH]c(-c3cnc(C4CC(F)(F)C4)cc3[C@H]3CC[C@@H](C(F)(F)F)CC3)cc(=O)c12. The van der Waals surface area contributed by atoms with Gasteiger partial charge in [0.25, 0.3) is 0 Å². The first-order valence-corrected chi connectivity index (χ1v) is 12.9. The molecule has 0 aliphatic heterocycles. The van der Waals surface area contributed by atoms with E-state index in [9.17, 15) is 26.7 Å². The molecule has 4 aromatic rings. The molecule has 0 amide bonds. The Hall–Kier alpha value is -3.63. The van der Waals surface area contributed by atoms with E-state index in [4.69, 9.17) is 0 Å². The van der Waals surface area contributed by atoms with Crippen LogP contribution in [-0.4, -0.2) is 36.6 Å². The van der Waals surface area contributed by atoms with E-state index in [0.717, 1.165) is 5.56 Å². The molecule has 2 saturated carbocycles. The van der Waals surface area contributed by atoms with Crippen molar-refractivity contribution in [3.05, 3.63) is 64.5 Å². The van der Waals surface area contributed by atoms with Gasteiger partial charge in [0.15, 0.2) is 11.3 Å². The van der Waals surface area contributed by atoms with Gasteiger partial charge >= 0.3 is 6.18 Å². The number of alkyl halides is 5. The van der Waals surface area contributed by atoms with Crippen LogP contribution in [0.4, 0.5) is 22.0 Å². The van der Waals surface area contributed by atoms with Gasteiger partial charge in [0.1, 0.15) is 5.69 Å². The molecule has 2 aliphatic carbocycles. The topological polar surface area (TPSA) is 76.5 Å². The Morgan fingerprint density at radius 1 is 1.00 bits per heavy atom. The first-order chi connectivity index (χ1) is 18.5. The molecule has 0 radical (unpaired) electrons. The van der Waals surface area contributed by atoms with Crippen LogP contribution in [0.1, 0.15) is 61.6 Å². The van der Waals surface area contributed by atoms with Crippen LogP contribution >= 0.6 is 0 Å². The van der Waals surface area contributed by atoms with E-state index in [-0.39, 0.29) is 37.0 Å². The average Bonchev–Trinajstić information content (AvgIpc) is 3.31. The van der Waals surface area contributed by atoms with Gasteiger partial charge in [-0.2, -0.15) is 13.2 Å². The third-order valence-electron chi connectivity index (χ3n) is 8.16. The quantitative estimate of drug-likeness (QED) is 0.290. The molecule has 204 valence electrons. The largest absolute Gasteiger partial charge is 0.391 e. The van der Waals surface area contributed by atoms with Gasteiger partial charge < -0.3 is 9.55 Å². The van der Waals surface area contributed by atoms with Crippen LogP contribution < -0.4 is 5.43 Å². The van der Waals surface area contributed by atoms with Crippen molar-refractivity contribution in [2.45, 2.75) is 62.5 Å². The van der Waals surface area contributed by atoms with Gasteiger partial charge in [0.2, 0.25) is 5.92 Å². The molecule has 2 fully saturated rings. The maximum Gasteiger partial charge on any atom is 0.391 e. The molecule has 39 heavy (non-hydrogen) atoms. The fourth-order valence-electron chi connectivity index (χ4n) is 5.98. The van der Waals surface area contributed by atoms with E-state index in [1.165, 1.54) is 6.07 Å². The Morgan fingerprint density at radius 3 is 2.38 bits per heavy atom. The number of hydrogen-bond donors (Lipinski definition) is 1. The monoisotopic (exact) mass is 543 g/mol. The van der Waals surface area contributed by atoms with Gasteiger partial charge in [-0.1, -0.05) is 0 Å². The predicted molar refractivity (Wildman–Crippen MR) is 135 cm³/mol. The number of nitrogens with zero attached hydrogens (tertiary/aromatic N) is 4. The Labute approximate surface area is 220 Å². The second kappa shape index (κ2) is 9.24.